The summed E-state index contributed by atoms with van der Waals surface area (Å²) in [4.78, 5) is 24.0. The predicted octanol–water partition coefficient (Wildman–Crippen LogP) is 2.67. The molecule has 0 saturated heterocycles. The minimum atomic E-state index is -0.539. The van der Waals surface area contributed by atoms with E-state index in [1.165, 1.54) is 0 Å². The van der Waals surface area contributed by atoms with Gasteiger partial charge in [0.05, 0.1) is 24.8 Å². The van der Waals surface area contributed by atoms with Crippen molar-refractivity contribution in [3.05, 3.63) is 41.1 Å². The van der Waals surface area contributed by atoms with E-state index in [0.717, 1.165) is 17.7 Å². The quantitative estimate of drug-likeness (QED) is 0.791. The monoisotopic (exact) mass is 318 g/mol. The van der Waals surface area contributed by atoms with Crippen molar-refractivity contribution in [1.29, 1.82) is 0 Å². The van der Waals surface area contributed by atoms with Crippen LogP contribution in [0.2, 0.25) is 0 Å². The zero-order valence-electron chi connectivity index (χ0n) is 13.6. The van der Waals surface area contributed by atoms with Gasteiger partial charge in [-0.1, -0.05) is 19.1 Å². The van der Waals surface area contributed by atoms with E-state index < -0.39 is 12.0 Å². The predicted molar refractivity (Wildman–Crippen MR) is 86.0 cm³/mol. The Morgan fingerprint density at radius 2 is 1.91 bits per heavy atom. The minimum absolute atomic E-state index is 0.278. The molecule has 1 aliphatic rings. The third-order valence-corrected chi connectivity index (χ3v) is 3.45. The van der Waals surface area contributed by atoms with Crippen molar-refractivity contribution < 1.29 is 19.1 Å². The lowest BCUT2D eigenvalue weighted by Crippen LogP contribution is -2.45. The van der Waals surface area contributed by atoms with Crippen molar-refractivity contribution in [1.82, 2.24) is 10.6 Å². The number of carbonyl (C=O) groups excluding carboxylic acids is 2. The molecule has 0 aromatic heterocycles. The minimum Gasteiger partial charge on any atom is -0.494 e. The molecule has 2 amide bonds. The first-order chi connectivity index (χ1) is 11.1. The molecule has 0 radical (unpaired) electrons. The SMILES string of the molecule is CCCOc1ccc([C@@H]2NC(=O)NC(C)=C2C(=O)OCC)cc1. The van der Waals surface area contributed by atoms with Gasteiger partial charge in [-0.2, -0.15) is 0 Å². The molecule has 124 valence electrons. The fourth-order valence-electron chi connectivity index (χ4n) is 2.40. The van der Waals surface area contributed by atoms with Crippen LogP contribution in [0.5, 0.6) is 5.75 Å². The van der Waals surface area contributed by atoms with E-state index in [9.17, 15) is 9.59 Å². The van der Waals surface area contributed by atoms with Crippen LogP contribution in [0.3, 0.4) is 0 Å². The fraction of sp³-hybridized carbons (Fsp3) is 0.412. The first-order valence-electron chi connectivity index (χ1n) is 7.75. The van der Waals surface area contributed by atoms with E-state index in [1.807, 2.05) is 31.2 Å². The number of rotatable bonds is 6. The molecular formula is C17H22N2O4. The van der Waals surface area contributed by atoms with Gasteiger partial charge in [0.25, 0.3) is 0 Å². The van der Waals surface area contributed by atoms with Crippen LogP contribution in [0.15, 0.2) is 35.5 Å². The number of benzene rings is 1. The van der Waals surface area contributed by atoms with E-state index in [0.29, 0.717) is 17.9 Å². The summed E-state index contributed by atoms with van der Waals surface area (Å²) in [6, 6.07) is 6.46. The molecule has 0 spiro atoms. The zero-order chi connectivity index (χ0) is 16.8. The van der Waals surface area contributed by atoms with Crippen LogP contribution in [-0.2, 0) is 9.53 Å². The first-order valence-corrected chi connectivity index (χ1v) is 7.75. The number of nitrogens with one attached hydrogen (secondary N) is 2. The van der Waals surface area contributed by atoms with Crippen molar-refractivity contribution in [3.63, 3.8) is 0 Å². The summed E-state index contributed by atoms with van der Waals surface area (Å²) in [6.07, 6.45) is 0.932. The highest BCUT2D eigenvalue weighted by atomic mass is 16.5. The lowest BCUT2D eigenvalue weighted by Gasteiger charge is -2.28. The number of allylic oxidation sites excluding steroid dienone is 1. The molecule has 2 rings (SSSR count). The molecule has 0 unspecified atom stereocenters. The van der Waals surface area contributed by atoms with Gasteiger partial charge in [0.1, 0.15) is 5.75 Å². The van der Waals surface area contributed by atoms with Crippen LogP contribution in [-0.4, -0.2) is 25.2 Å². The molecule has 1 aromatic rings. The Morgan fingerprint density at radius 1 is 1.22 bits per heavy atom. The second kappa shape index (κ2) is 7.67. The fourth-order valence-corrected chi connectivity index (χ4v) is 2.40. The third kappa shape index (κ3) is 4.03. The number of carbonyl (C=O) groups is 2. The second-order valence-corrected chi connectivity index (χ2v) is 5.21. The van der Waals surface area contributed by atoms with Crippen molar-refractivity contribution in [2.75, 3.05) is 13.2 Å². The summed E-state index contributed by atoms with van der Waals surface area (Å²) >= 11 is 0. The molecule has 0 saturated carbocycles. The maximum absolute atomic E-state index is 12.2. The molecule has 1 aliphatic heterocycles. The molecule has 1 atom stereocenters. The average Bonchev–Trinajstić information content (AvgIpc) is 2.52. The zero-order valence-corrected chi connectivity index (χ0v) is 13.6. The molecule has 0 aliphatic carbocycles. The molecule has 6 nitrogen and oxygen atoms in total. The molecule has 1 heterocycles. The molecule has 2 N–H and O–H groups in total. The van der Waals surface area contributed by atoms with Crippen LogP contribution in [0.4, 0.5) is 4.79 Å². The number of esters is 1. The van der Waals surface area contributed by atoms with Gasteiger partial charge in [0.2, 0.25) is 0 Å². The van der Waals surface area contributed by atoms with E-state index >= 15 is 0 Å². The van der Waals surface area contributed by atoms with Crippen LogP contribution >= 0.6 is 0 Å². The van der Waals surface area contributed by atoms with Gasteiger partial charge in [0.15, 0.2) is 0 Å². The highest BCUT2D eigenvalue weighted by Gasteiger charge is 2.31. The number of urea groups is 1. The normalized spacial score (nSPS) is 17.3. The Kier molecular flexibility index (Phi) is 5.62. The maximum Gasteiger partial charge on any atom is 0.338 e. The number of amides is 2. The smallest absolute Gasteiger partial charge is 0.338 e. The molecule has 0 fully saturated rings. The Hall–Kier alpha value is -2.50. The van der Waals surface area contributed by atoms with Crippen LogP contribution in [0.25, 0.3) is 0 Å². The van der Waals surface area contributed by atoms with Gasteiger partial charge < -0.3 is 20.1 Å². The van der Waals surface area contributed by atoms with Gasteiger partial charge in [0, 0.05) is 5.70 Å². The molecule has 0 bridgehead atoms. The van der Waals surface area contributed by atoms with Gasteiger partial charge in [-0.05, 0) is 38.0 Å². The summed E-state index contributed by atoms with van der Waals surface area (Å²) in [5, 5.41) is 5.38. The maximum atomic E-state index is 12.2. The highest BCUT2D eigenvalue weighted by Crippen LogP contribution is 2.28. The summed E-state index contributed by atoms with van der Waals surface area (Å²) in [5.41, 5.74) is 1.71. The number of hydrogen-bond donors (Lipinski definition) is 2. The molecule has 23 heavy (non-hydrogen) atoms. The largest absolute Gasteiger partial charge is 0.494 e. The van der Waals surface area contributed by atoms with Gasteiger partial charge in [-0.15, -0.1) is 0 Å². The van der Waals surface area contributed by atoms with Gasteiger partial charge in [-0.25, -0.2) is 9.59 Å². The molecular weight excluding hydrogens is 296 g/mol. The van der Waals surface area contributed by atoms with Crippen LogP contribution in [0, 0.1) is 0 Å². The summed E-state index contributed by atoms with van der Waals surface area (Å²) in [7, 11) is 0. The van der Waals surface area contributed by atoms with E-state index in [1.54, 1.807) is 13.8 Å². The Bertz CT molecular complexity index is 608. The molecule has 1 aromatic carbocycles. The number of ether oxygens (including phenoxy) is 2. The van der Waals surface area contributed by atoms with E-state index in [2.05, 4.69) is 10.6 Å². The topological polar surface area (TPSA) is 76.7 Å². The Morgan fingerprint density at radius 3 is 2.52 bits per heavy atom. The summed E-state index contributed by atoms with van der Waals surface area (Å²) < 4.78 is 10.7. The average molecular weight is 318 g/mol. The van der Waals surface area contributed by atoms with Gasteiger partial charge >= 0.3 is 12.0 Å². The molecule has 6 heteroatoms. The Labute approximate surface area is 135 Å². The summed E-state index contributed by atoms with van der Waals surface area (Å²) in [5.74, 6) is 0.322. The van der Waals surface area contributed by atoms with Crippen LogP contribution in [0.1, 0.15) is 38.8 Å². The number of hydrogen-bond acceptors (Lipinski definition) is 4. The lowest BCUT2D eigenvalue weighted by atomic mass is 9.95. The van der Waals surface area contributed by atoms with Crippen molar-refractivity contribution >= 4 is 12.0 Å². The van der Waals surface area contributed by atoms with Crippen molar-refractivity contribution in [2.45, 2.75) is 33.2 Å². The third-order valence-electron chi connectivity index (χ3n) is 3.45. The second-order valence-electron chi connectivity index (χ2n) is 5.21. The highest BCUT2D eigenvalue weighted by molar-refractivity contribution is 5.95. The van der Waals surface area contributed by atoms with E-state index in [-0.39, 0.29) is 12.6 Å². The van der Waals surface area contributed by atoms with Crippen LogP contribution < -0.4 is 15.4 Å². The van der Waals surface area contributed by atoms with Gasteiger partial charge in [-0.3, -0.25) is 0 Å². The Balaban J connectivity index is 2.28. The van der Waals surface area contributed by atoms with E-state index in [4.69, 9.17) is 9.47 Å². The summed E-state index contributed by atoms with van der Waals surface area (Å²) in [6.45, 7) is 6.41. The standard InChI is InChI=1S/C17H22N2O4/c1-4-10-23-13-8-6-12(7-9-13)15-14(16(20)22-5-2)11(3)18-17(21)19-15/h6-9,15H,4-5,10H2,1-3H3,(H2,18,19,21)/t15-/m0/s1. The van der Waals surface area contributed by atoms with Crippen molar-refractivity contribution in [2.24, 2.45) is 0 Å². The lowest BCUT2D eigenvalue weighted by molar-refractivity contribution is -0.139. The first kappa shape index (κ1) is 16.9. The van der Waals surface area contributed by atoms with Crippen molar-refractivity contribution in [3.8, 4) is 5.75 Å².